The molecule has 0 unspecified atom stereocenters. The molecule has 0 aromatic rings. The average Bonchev–Trinajstić information content (AvgIpc) is 2.68. The van der Waals surface area contributed by atoms with E-state index in [1.165, 1.54) is 11.6 Å². The minimum atomic E-state index is -0.543. The predicted octanol–water partition coefficient (Wildman–Crippen LogP) is 5.41. The van der Waals surface area contributed by atoms with Crippen molar-refractivity contribution in [2.75, 3.05) is 6.54 Å². The number of hydrogen-bond acceptors (Lipinski definition) is 4. The molecular formula is C25H37NO3. The van der Waals surface area contributed by atoms with Gasteiger partial charge in [-0.1, -0.05) is 46.3 Å². The molecular weight excluding hydrogens is 362 g/mol. The van der Waals surface area contributed by atoms with E-state index in [-0.39, 0.29) is 16.6 Å². The maximum atomic E-state index is 12.8. The molecule has 0 heterocycles. The Hall–Kier alpha value is -1.84. The number of aliphatic hydroxyl groups is 1. The van der Waals surface area contributed by atoms with Gasteiger partial charge in [0.25, 0.3) is 0 Å². The first-order chi connectivity index (χ1) is 13.6. The summed E-state index contributed by atoms with van der Waals surface area (Å²) >= 11 is 0. The van der Waals surface area contributed by atoms with Crippen LogP contribution in [-0.2, 0) is 9.59 Å². The summed E-state index contributed by atoms with van der Waals surface area (Å²) in [5.41, 5.74) is 1.96. The Balaban J connectivity index is 1.95. The minimum Gasteiger partial charge on any atom is -0.505 e. The van der Waals surface area contributed by atoms with E-state index < -0.39 is 11.6 Å². The highest BCUT2D eigenvalue weighted by molar-refractivity contribution is 6.48. The quantitative estimate of drug-likeness (QED) is 0.271. The minimum absolute atomic E-state index is 0.0268. The van der Waals surface area contributed by atoms with E-state index in [2.05, 4.69) is 39.6 Å². The molecule has 4 atom stereocenters. The van der Waals surface area contributed by atoms with Crippen LogP contribution in [0.15, 0.2) is 35.3 Å². The second kappa shape index (κ2) is 8.12. The van der Waals surface area contributed by atoms with Crippen LogP contribution < -0.4 is 5.32 Å². The molecule has 0 aliphatic heterocycles. The number of hydrogen-bond donors (Lipinski definition) is 2. The number of fused-ring (bicyclic) bond motifs is 1. The lowest BCUT2D eigenvalue weighted by molar-refractivity contribution is -0.132. The van der Waals surface area contributed by atoms with E-state index in [9.17, 15) is 14.7 Å². The van der Waals surface area contributed by atoms with E-state index in [4.69, 9.17) is 0 Å². The fraction of sp³-hybridized carbons (Fsp3) is 0.680. The summed E-state index contributed by atoms with van der Waals surface area (Å²) in [5.74, 6) is -0.276. The standard InChI is InChI=1S/C25H37NO3/c1-6-7-13-26-19-14-20(27)23(29)18(22(19)28)15-25(5)17(3)11-12-24(4)16(2)9-8-10-21(24)25/h14,17,21,26,28H,2,6-13,15H2,1,3-5H3/t17-,21+,24-,25+/m0/s1. The monoisotopic (exact) mass is 399 g/mol. The Kier molecular flexibility index (Phi) is 6.12. The van der Waals surface area contributed by atoms with Crippen molar-refractivity contribution < 1.29 is 14.7 Å². The molecule has 0 bridgehead atoms. The van der Waals surface area contributed by atoms with Gasteiger partial charge in [0, 0.05) is 18.2 Å². The number of unbranched alkanes of at least 4 members (excludes halogenated alkanes) is 1. The number of carbonyl (C=O) groups excluding carboxylic acids is 2. The highest BCUT2D eigenvalue weighted by Crippen LogP contribution is 2.63. The normalized spacial score (nSPS) is 35.4. The van der Waals surface area contributed by atoms with Gasteiger partial charge in [0.15, 0.2) is 0 Å². The largest absolute Gasteiger partial charge is 0.505 e. The fourth-order valence-corrected chi connectivity index (χ4v) is 6.03. The first kappa shape index (κ1) is 21.9. The van der Waals surface area contributed by atoms with Crippen LogP contribution in [0.4, 0.5) is 0 Å². The van der Waals surface area contributed by atoms with Crippen molar-refractivity contribution in [2.24, 2.45) is 22.7 Å². The maximum Gasteiger partial charge on any atom is 0.232 e. The van der Waals surface area contributed by atoms with Crippen molar-refractivity contribution in [1.82, 2.24) is 5.32 Å². The number of ketones is 2. The Morgan fingerprint density at radius 3 is 2.69 bits per heavy atom. The first-order valence-electron chi connectivity index (χ1n) is 11.3. The van der Waals surface area contributed by atoms with Crippen LogP contribution >= 0.6 is 0 Å². The summed E-state index contributed by atoms with van der Waals surface area (Å²) in [7, 11) is 0. The van der Waals surface area contributed by atoms with Crippen LogP contribution in [0, 0.1) is 22.7 Å². The molecule has 4 heteroatoms. The van der Waals surface area contributed by atoms with E-state index in [1.807, 2.05) is 0 Å². The number of nitrogens with one attached hydrogen (secondary N) is 1. The summed E-state index contributed by atoms with van der Waals surface area (Å²) in [6.45, 7) is 14.0. The first-order valence-corrected chi connectivity index (χ1v) is 11.3. The van der Waals surface area contributed by atoms with Crippen LogP contribution in [0.25, 0.3) is 0 Å². The zero-order valence-electron chi connectivity index (χ0n) is 18.6. The summed E-state index contributed by atoms with van der Waals surface area (Å²) in [5, 5.41) is 14.1. The lowest BCUT2D eigenvalue weighted by atomic mass is 9.46. The SMILES string of the molecule is C=C1CCC[C@H]2[C@](C)(CC3=C(O)C(NCCCC)=CC(=O)C3=O)[C@@H](C)CC[C@@]12C. The molecule has 0 spiro atoms. The van der Waals surface area contributed by atoms with E-state index in [0.29, 0.717) is 36.1 Å². The number of Topliss-reactive ketones (excluding diaryl/α,β-unsaturated/α-hetero) is 1. The smallest absolute Gasteiger partial charge is 0.232 e. The number of allylic oxidation sites excluding steroid dienone is 3. The fourth-order valence-electron chi connectivity index (χ4n) is 6.03. The van der Waals surface area contributed by atoms with Crippen molar-refractivity contribution in [2.45, 2.75) is 79.1 Å². The molecule has 29 heavy (non-hydrogen) atoms. The van der Waals surface area contributed by atoms with E-state index >= 15 is 0 Å². The maximum absolute atomic E-state index is 12.8. The average molecular weight is 400 g/mol. The van der Waals surface area contributed by atoms with Crippen molar-refractivity contribution in [1.29, 1.82) is 0 Å². The highest BCUT2D eigenvalue weighted by Gasteiger charge is 2.54. The van der Waals surface area contributed by atoms with Crippen molar-refractivity contribution in [3.63, 3.8) is 0 Å². The number of aliphatic hydroxyl groups excluding tert-OH is 1. The van der Waals surface area contributed by atoms with Gasteiger partial charge < -0.3 is 10.4 Å². The molecule has 2 saturated carbocycles. The Morgan fingerprint density at radius 2 is 2.00 bits per heavy atom. The van der Waals surface area contributed by atoms with Crippen LogP contribution in [-0.4, -0.2) is 23.2 Å². The zero-order chi connectivity index (χ0) is 21.4. The molecule has 0 aromatic carbocycles. The van der Waals surface area contributed by atoms with E-state index in [1.54, 1.807) is 0 Å². The molecule has 0 amide bonds. The van der Waals surface area contributed by atoms with Crippen LogP contribution in [0.5, 0.6) is 0 Å². The summed E-state index contributed by atoms with van der Waals surface area (Å²) in [6, 6.07) is 0. The molecule has 0 saturated heterocycles. The van der Waals surface area contributed by atoms with Crippen molar-refractivity contribution in [3.05, 3.63) is 35.3 Å². The third-order valence-corrected chi connectivity index (χ3v) is 8.28. The Bertz CT molecular complexity index is 777. The summed E-state index contributed by atoms with van der Waals surface area (Å²) in [6.07, 6.45) is 9.21. The van der Waals surface area contributed by atoms with E-state index in [0.717, 1.165) is 44.9 Å². The second-order valence-corrected chi connectivity index (χ2v) is 9.95. The van der Waals surface area contributed by atoms with Gasteiger partial charge in [0.1, 0.15) is 5.76 Å². The molecule has 160 valence electrons. The van der Waals surface area contributed by atoms with Crippen LogP contribution in [0.2, 0.25) is 0 Å². The van der Waals surface area contributed by atoms with Crippen LogP contribution in [0.3, 0.4) is 0 Å². The molecule has 2 N–H and O–H groups in total. The summed E-state index contributed by atoms with van der Waals surface area (Å²) < 4.78 is 0. The third-order valence-electron chi connectivity index (χ3n) is 8.28. The highest BCUT2D eigenvalue weighted by atomic mass is 16.3. The number of rotatable bonds is 6. The van der Waals surface area contributed by atoms with Gasteiger partial charge in [0.2, 0.25) is 11.6 Å². The van der Waals surface area contributed by atoms with Crippen molar-refractivity contribution in [3.8, 4) is 0 Å². The van der Waals surface area contributed by atoms with Gasteiger partial charge in [-0.3, -0.25) is 9.59 Å². The number of carbonyl (C=O) groups is 2. The Morgan fingerprint density at radius 1 is 1.28 bits per heavy atom. The van der Waals surface area contributed by atoms with Gasteiger partial charge in [-0.25, -0.2) is 0 Å². The molecule has 4 nitrogen and oxygen atoms in total. The zero-order valence-corrected chi connectivity index (χ0v) is 18.6. The predicted molar refractivity (Wildman–Crippen MR) is 116 cm³/mol. The lowest BCUT2D eigenvalue weighted by Gasteiger charge is -2.59. The molecule has 3 rings (SSSR count). The molecule has 2 fully saturated rings. The molecule has 3 aliphatic rings. The van der Waals surface area contributed by atoms with Crippen molar-refractivity contribution >= 4 is 11.6 Å². The molecule has 0 aromatic heterocycles. The van der Waals surface area contributed by atoms with Gasteiger partial charge in [0.05, 0.1) is 5.70 Å². The van der Waals surface area contributed by atoms with Gasteiger partial charge >= 0.3 is 0 Å². The lowest BCUT2D eigenvalue weighted by Crippen LogP contribution is -2.51. The summed E-state index contributed by atoms with van der Waals surface area (Å²) in [4.78, 5) is 25.2. The topological polar surface area (TPSA) is 66.4 Å². The molecule has 3 aliphatic carbocycles. The van der Waals surface area contributed by atoms with Gasteiger partial charge in [-0.15, -0.1) is 0 Å². The second-order valence-electron chi connectivity index (χ2n) is 9.95. The third kappa shape index (κ3) is 3.71. The van der Waals surface area contributed by atoms with Gasteiger partial charge in [-0.05, 0) is 67.6 Å². The Labute approximate surface area is 175 Å². The van der Waals surface area contributed by atoms with Crippen LogP contribution in [0.1, 0.15) is 79.1 Å². The molecule has 0 radical (unpaired) electrons. The van der Waals surface area contributed by atoms with Gasteiger partial charge in [-0.2, -0.15) is 0 Å².